The van der Waals surface area contributed by atoms with Crippen LogP contribution in [0.1, 0.15) is 12.5 Å². The van der Waals surface area contributed by atoms with E-state index in [0.29, 0.717) is 11.3 Å². The van der Waals surface area contributed by atoms with Crippen LogP contribution in [0.25, 0.3) is 5.57 Å². The maximum atomic E-state index is 10.5. The number of carboxylic acids is 1. The molecule has 1 aromatic carbocycles. The molecule has 0 aliphatic heterocycles. The highest BCUT2D eigenvalue weighted by Crippen LogP contribution is 2.18. The van der Waals surface area contributed by atoms with Crippen LogP contribution in [-0.4, -0.2) is 25.0 Å². The van der Waals surface area contributed by atoms with Gasteiger partial charge in [-0.3, -0.25) is 0 Å². The minimum Gasteiger partial charge on any atom is -0.478 e. The number of rotatable bonds is 5. The van der Waals surface area contributed by atoms with Gasteiger partial charge in [0.1, 0.15) is 5.75 Å². The summed E-state index contributed by atoms with van der Waals surface area (Å²) in [6.07, 6.45) is 1.17. The summed E-state index contributed by atoms with van der Waals surface area (Å²) < 4.78 is 9.98. The predicted octanol–water partition coefficient (Wildman–Crippen LogP) is 2.16. The van der Waals surface area contributed by atoms with E-state index in [9.17, 15) is 4.79 Å². The van der Waals surface area contributed by atoms with E-state index in [0.717, 1.165) is 5.56 Å². The summed E-state index contributed by atoms with van der Waals surface area (Å²) in [6.45, 7) is 1.95. The zero-order valence-electron chi connectivity index (χ0n) is 9.27. The average Bonchev–Trinajstić information content (AvgIpc) is 2.26. The predicted molar refractivity (Wildman–Crippen MR) is 60.2 cm³/mol. The minimum atomic E-state index is -0.947. The first-order valence-corrected chi connectivity index (χ1v) is 4.77. The largest absolute Gasteiger partial charge is 0.478 e. The lowest BCUT2D eigenvalue weighted by molar-refractivity contribution is -0.131. The van der Waals surface area contributed by atoms with Gasteiger partial charge in [0, 0.05) is 13.2 Å². The van der Waals surface area contributed by atoms with Crippen LogP contribution in [-0.2, 0) is 9.53 Å². The van der Waals surface area contributed by atoms with E-state index in [1.165, 1.54) is 6.08 Å². The van der Waals surface area contributed by atoms with Crippen LogP contribution in [0, 0.1) is 0 Å². The number of carbonyl (C=O) groups is 1. The number of hydrogen-bond donors (Lipinski definition) is 1. The summed E-state index contributed by atoms with van der Waals surface area (Å²) in [6, 6.07) is 7.15. The molecule has 0 aromatic heterocycles. The first-order chi connectivity index (χ1) is 7.63. The molecule has 0 unspecified atom stereocenters. The molecule has 4 nitrogen and oxygen atoms in total. The van der Waals surface area contributed by atoms with E-state index in [-0.39, 0.29) is 6.79 Å². The van der Waals surface area contributed by atoms with Crippen molar-refractivity contribution in [1.82, 2.24) is 0 Å². The molecule has 0 atom stereocenters. The molecule has 1 aromatic rings. The van der Waals surface area contributed by atoms with Crippen molar-refractivity contribution in [3.05, 3.63) is 35.9 Å². The molecule has 16 heavy (non-hydrogen) atoms. The molecule has 0 saturated heterocycles. The van der Waals surface area contributed by atoms with Crippen molar-refractivity contribution in [3.8, 4) is 5.75 Å². The molecular weight excluding hydrogens is 208 g/mol. The minimum absolute atomic E-state index is 0.198. The van der Waals surface area contributed by atoms with E-state index in [1.54, 1.807) is 38.3 Å². The molecule has 1 rings (SSSR count). The molecular formula is C12H14O4. The molecule has 86 valence electrons. The Morgan fingerprint density at radius 1 is 1.38 bits per heavy atom. The Bertz CT molecular complexity index is 379. The molecule has 0 aliphatic carbocycles. The van der Waals surface area contributed by atoms with Gasteiger partial charge in [-0.05, 0) is 30.2 Å². The second-order valence-electron chi connectivity index (χ2n) is 3.24. The summed E-state index contributed by atoms with van der Waals surface area (Å²) >= 11 is 0. The highest BCUT2D eigenvalue weighted by Gasteiger charge is 1.99. The fourth-order valence-electron chi connectivity index (χ4n) is 1.21. The van der Waals surface area contributed by atoms with Gasteiger partial charge in [0.25, 0.3) is 0 Å². The maximum absolute atomic E-state index is 10.5. The van der Waals surface area contributed by atoms with Crippen molar-refractivity contribution in [1.29, 1.82) is 0 Å². The first-order valence-electron chi connectivity index (χ1n) is 4.77. The zero-order valence-corrected chi connectivity index (χ0v) is 9.27. The molecule has 0 radical (unpaired) electrons. The SMILES string of the molecule is COCOc1ccc(/C(C)=C\C(=O)O)cc1. The van der Waals surface area contributed by atoms with E-state index in [2.05, 4.69) is 0 Å². The number of methoxy groups -OCH3 is 1. The van der Waals surface area contributed by atoms with Gasteiger partial charge in [-0.1, -0.05) is 12.1 Å². The Labute approximate surface area is 94.1 Å². The zero-order chi connectivity index (χ0) is 12.0. The number of ether oxygens (including phenoxy) is 2. The van der Waals surface area contributed by atoms with Crippen molar-refractivity contribution in [2.45, 2.75) is 6.92 Å². The Morgan fingerprint density at radius 3 is 2.50 bits per heavy atom. The molecule has 4 heteroatoms. The monoisotopic (exact) mass is 222 g/mol. The lowest BCUT2D eigenvalue weighted by Crippen LogP contribution is -1.98. The van der Waals surface area contributed by atoms with Crippen LogP contribution in [0.4, 0.5) is 0 Å². The van der Waals surface area contributed by atoms with E-state index >= 15 is 0 Å². The Morgan fingerprint density at radius 2 is 2.00 bits per heavy atom. The normalized spacial score (nSPS) is 11.2. The summed E-state index contributed by atoms with van der Waals surface area (Å²) in [5, 5.41) is 8.60. The quantitative estimate of drug-likeness (QED) is 0.612. The Balaban J connectivity index is 2.74. The van der Waals surface area contributed by atoms with Gasteiger partial charge in [-0.2, -0.15) is 0 Å². The molecule has 0 spiro atoms. The third-order valence-electron chi connectivity index (χ3n) is 1.99. The standard InChI is InChI=1S/C12H14O4/c1-9(7-12(13)14)10-3-5-11(6-4-10)16-8-15-2/h3-7H,8H2,1-2H3,(H,13,14)/b9-7-. The van der Waals surface area contributed by atoms with Crippen LogP contribution in [0.5, 0.6) is 5.75 Å². The first kappa shape index (κ1) is 12.3. The molecule has 1 N–H and O–H groups in total. The highest BCUT2D eigenvalue weighted by molar-refractivity contribution is 5.89. The number of benzene rings is 1. The number of carboxylic acid groups (broad SMARTS) is 1. The molecule has 0 saturated carbocycles. The third kappa shape index (κ3) is 3.74. The average molecular weight is 222 g/mol. The van der Waals surface area contributed by atoms with Gasteiger partial charge in [0.05, 0.1) is 0 Å². The summed E-state index contributed by atoms with van der Waals surface area (Å²) in [7, 11) is 1.55. The van der Waals surface area contributed by atoms with Crippen molar-refractivity contribution in [2.75, 3.05) is 13.9 Å². The summed E-state index contributed by atoms with van der Waals surface area (Å²) in [4.78, 5) is 10.5. The fourth-order valence-corrected chi connectivity index (χ4v) is 1.21. The highest BCUT2D eigenvalue weighted by atomic mass is 16.7. The number of allylic oxidation sites excluding steroid dienone is 1. The number of hydrogen-bond acceptors (Lipinski definition) is 3. The van der Waals surface area contributed by atoms with Gasteiger partial charge in [-0.15, -0.1) is 0 Å². The third-order valence-corrected chi connectivity index (χ3v) is 1.99. The van der Waals surface area contributed by atoms with Crippen molar-refractivity contribution < 1.29 is 19.4 Å². The van der Waals surface area contributed by atoms with E-state index in [4.69, 9.17) is 14.6 Å². The van der Waals surface area contributed by atoms with Gasteiger partial charge in [0.15, 0.2) is 6.79 Å². The molecule has 0 amide bonds. The van der Waals surface area contributed by atoms with E-state index in [1.807, 2.05) is 0 Å². The van der Waals surface area contributed by atoms with Gasteiger partial charge in [0.2, 0.25) is 0 Å². The summed E-state index contributed by atoms with van der Waals surface area (Å²) in [5.74, 6) is -0.258. The second-order valence-corrected chi connectivity index (χ2v) is 3.24. The lowest BCUT2D eigenvalue weighted by Gasteiger charge is -2.05. The fraction of sp³-hybridized carbons (Fsp3) is 0.250. The topological polar surface area (TPSA) is 55.8 Å². The van der Waals surface area contributed by atoms with Gasteiger partial charge in [-0.25, -0.2) is 4.79 Å². The van der Waals surface area contributed by atoms with Crippen molar-refractivity contribution in [2.24, 2.45) is 0 Å². The molecule has 0 bridgehead atoms. The van der Waals surface area contributed by atoms with E-state index < -0.39 is 5.97 Å². The molecule has 0 heterocycles. The van der Waals surface area contributed by atoms with Crippen LogP contribution in [0.15, 0.2) is 30.3 Å². The summed E-state index contributed by atoms with van der Waals surface area (Å²) in [5.41, 5.74) is 1.55. The second kappa shape index (κ2) is 5.92. The van der Waals surface area contributed by atoms with Crippen LogP contribution in [0.2, 0.25) is 0 Å². The van der Waals surface area contributed by atoms with Gasteiger partial charge < -0.3 is 14.6 Å². The molecule has 0 aliphatic rings. The maximum Gasteiger partial charge on any atom is 0.328 e. The van der Waals surface area contributed by atoms with Crippen LogP contribution < -0.4 is 4.74 Å². The van der Waals surface area contributed by atoms with Gasteiger partial charge >= 0.3 is 5.97 Å². The number of aliphatic carboxylic acids is 1. The lowest BCUT2D eigenvalue weighted by atomic mass is 10.1. The smallest absolute Gasteiger partial charge is 0.328 e. The van der Waals surface area contributed by atoms with Crippen molar-refractivity contribution >= 4 is 11.5 Å². The molecule has 0 fully saturated rings. The Hall–Kier alpha value is -1.81. The van der Waals surface area contributed by atoms with Crippen LogP contribution in [0.3, 0.4) is 0 Å². The van der Waals surface area contributed by atoms with Crippen LogP contribution >= 0.6 is 0 Å². The Kier molecular flexibility index (Phi) is 4.54. The van der Waals surface area contributed by atoms with Crippen molar-refractivity contribution in [3.63, 3.8) is 0 Å².